The first-order chi connectivity index (χ1) is 12.4. The first-order valence-corrected chi connectivity index (χ1v) is 9.26. The zero-order valence-electron chi connectivity index (χ0n) is 14.4. The average Bonchev–Trinajstić information content (AvgIpc) is 3.21. The van der Waals surface area contributed by atoms with Gasteiger partial charge in [-0.25, -0.2) is 0 Å². The van der Waals surface area contributed by atoms with Gasteiger partial charge in [0.1, 0.15) is 10.0 Å². The van der Waals surface area contributed by atoms with Crippen LogP contribution in [0.15, 0.2) is 84.9 Å². The van der Waals surface area contributed by atoms with Gasteiger partial charge in [-0.2, -0.15) is 0 Å². The highest BCUT2D eigenvalue weighted by atomic mass is 32.1. The second kappa shape index (κ2) is 8.36. The first kappa shape index (κ1) is 17.1. The molecule has 0 fully saturated rings. The fourth-order valence-electron chi connectivity index (χ4n) is 2.47. The molecule has 0 bridgehead atoms. The molecule has 3 heteroatoms. The third-order valence-corrected chi connectivity index (χ3v) is 4.71. The minimum Gasteiger partial charge on any atom is -0.138 e. The Morgan fingerprint density at radius 3 is 1.36 bits per heavy atom. The molecule has 0 aliphatic rings. The van der Waals surface area contributed by atoms with Crippen LogP contribution in [0.25, 0.3) is 32.3 Å². The van der Waals surface area contributed by atoms with Gasteiger partial charge in [0.2, 0.25) is 0 Å². The van der Waals surface area contributed by atoms with Gasteiger partial charge < -0.3 is 0 Å². The van der Waals surface area contributed by atoms with E-state index in [-0.39, 0.29) is 0 Å². The summed E-state index contributed by atoms with van der Waals surface area (Å²) in [6.07, 6.45) is 0. The van der Waals surface area contributed by atoms with Crippen molar-refractivity contribution in [3.8, 4) is 32.3 Å². The average molecular weight is 344 g/mol. The molecule has 0 amide bonds. The summed E-state index contributed by atoms with van der Waals surface area (Å²) in [4.78, 5) is 0. The zero-order valence-corrected chi connectivity index (χ0v) is 15.2. The highest BCUT2D eigenvalue weighted by Crippen LogP contribution is 2.31. The van der Waals surface area contributed by atoms with Crippen molar-refractivity contribution in [1.29, 1.82) is 0 Å². The SMILES string of the molecule is CC.c1ccc(-c2ccc(-c3nnc(-c4ccccc4)s3)cc2)cc1. The van der Waals surface area contributed by atoms with Crippen LogP contribution < -0.4 is 0 Å². The number of hydrogen-bond acceptors (Lipinski definition) is 3. The fourth-order valence-corrected chi connectivity index (χ4v) is 3.33. The summed E-state index contributed by atoms with van der Waals surface area (Å²) in [7, 11) is 0. The third-order valence-electron chi connectivity index (χ3n) is 3.68. The van der Waals surface area contributed by atoms with Gasteiger partial charge in [-0.1, -0.05) is 110 Å². The summed E-state index contributed by atoms with van der Waals surface area (Å²) in [5.41, 5.74) is 4.64. The summed E-state index contributed by atoms with van der Waals surface area (Å²) >= 11 is 1.62. The van der Waals surface area contributed by atoms with Gasteiger partial charge in [0.15, 0.2) is 0 Å². The second-order valence-electron chi connectivity index (χ2n) is 5.22. The molecule has 4 rings (SSSR count). The van der Waals surface area contributed by atoms with E-state index >= 15 is 0 Å². The van der Waals surface area contributed by atoms with Crippen LogP contribution in [-0.2, 0) is 0 Å². The van der Waals surface area contributed by atoms with Crippen molar-refractivity contribution in [3.63, 3.8) is 0 Å². The van der Waals surface area contributed by atoms with Crippen molar-refractivity contribution in [1.82, 2.24) is 10.2 Å². The smallest absolute Gasteiger partial charge is 0.138 e. The van der Waals surface area contributed by atoms with E-state index in [4.69, 9.17) is 0 Å². The van der Waals surface area contributed by atoms with E-state index in [0.29, 0.717) is 0 Å². The van der Waals surface area contributed by atoms with Crippen LogP contribution in [0.4, 0.5) is 0 Å². The molecule has 124 valence electrons. The lowest BCUT2D eigenvalue weighted by Gasteiger charge is -2.02. The Balaban J connectivity index is 0.000000880. The summed E-state index contributed by atoms with van der Waals surface area (Å²) in [5.74, 6) is 0. The zero-order chi connectivity index (χ0) is 17.5. The van der Waals surface area contributed by atoms with Gasteiger partial charge >= 0.3 is 0 Å². The lowest BCUT2D eigenvalue weighted by Crippen LogP contribution is -1.79. The van der Waals surface area contributed by atoms with Gasteiger partial charge in [-0.05, 0) is 11.1 Å². The van der Waals surface area contributed by atoms with Crippen LogP contribution in [0.1, 0.15) is 13.8 Å². The largest absolute Gasteiger partial charge is 0.148 e. The molecule has 0 radical (unpaired) electrons. The van der Waals surface area contributed by atoms with Gasteiger partial charge in [-0.3, -0.25) is 0 Å². The van der Waals surface area contributed by atoms with Crippen LogP contribution in [0.3, 0.4) is 0 Å². The van der Waals surface area contributed by atoms with Gasteiger partial charge in [-0.15, -0.1) is 10.2 Å². The molecular weight excluding hydrogens is 324 g/mol. The van der Waals surface area contributed by atoms with Crippen molar-refractivity contribution < 1.29 is 0 Å². The topological polar surface area (TPSA) is 25.8 Å². The number of nitrogens with zero attached hydrogens (tertiary/aromatic N) is 2. The molecule has 0 saturated carbocycles. The van der Waals surface area contributed by atoms with E-state index in [1.165, 1.54) is 11.1 Å². The molecule has 2 nitrogen and oxygen atoms in total. The normalized spacial score (nSPS) is 10.0. The molecule has 0 aliphatic carbocycles. The molecule has 0 unspecified atom stereocenters. The predicted molar refractivity (Wildman–Crippen MR) is 108 cm³/mol. The summed E-state index contributed by atoms with van der Waals surface area (Å²) < 4.78 is 0. The monoisotopic (exact) mass is 344 g/mol. The van der Waals surface area contributed by atoms with Crippen LogP contribution in [0.2, 0.25) is 0 Å². The highest BCUT2D eigenvalue weighted by Gasteiger charge is 2.08. The van der Waals surface area contributed by atoms with E-state index in [0.717, 1.165) is 21.1 Å². The lowest BCUT2D eigenvalue weighted by molar-refractivity contribution is 1.10. The molecule has 0 N–H and O–H groups in total. The van der Waals surface area contributed by atoms with Crippen molar-refractivity contribution in [3.05, 3.63) is 84.9 Å². The van der Waals surface area contributed by atoms with Gasteiger partial charge in [0.25, 0.3) is 0 Å². The van der Waals surface area contributed by atoms with E-state index in [2.05, 4.69) is 70.9 Å². The Labute approximate surface area is 152 Å². The van der Waals surface area contributed by atoms with Crippen LogP contribution in [-0.4, -0.2) is 10.2 Å². The number of hydrogen-bond donors (Lipinski definition) is 0. The van der Waals surface area contributed by atoms with E-state index in [9.17, 15) is 0 Å². The summed E-state index contributed by atoms with van der Waals surface area (Å²) in [6, 6.07) is 29.0. The second-order valence-corrected chi connectivity index (χ2v) is 6.20. The Bertz CT molecular complexity index is 898. The maximum Gasteiger partial charge on any atom is 0.148 e. The quantitative estimate of drug-likeness (QED) is 0.420. The molecule has 1 aromatic heterocycles. The molecule has 3 aromatic carbocycles. The van der Waals surface area contributed by atoms with Crippen LogP contribution in [0.5, 0.6) is 0 Å². The van der Waals surface area contributed by atoms with Crippen molar-refractivity contribution in [2.24, 2.45) is 0 Å². The fraction of sp³-hybridized carbons (Fsp3) is 0.0909. The molecule has 0 saturated heterocycles. The van der Waals surface area contributed by atoms with E-state index in [1.54, 1.807) is 11.3 Å². The van der Waals surface area contributed by atoms with Crippen LogP contribution in [0, 0.1) is 0 Å². The lowest BCUT2D eigenvalue weighted by atomic mass is 10.0. The standard InChI is InChI=1S/C20H14N2S.C2H6/c1-3-7-15(8-4-1)16-11-13-18(14-12-16)20-22-21-19(23-20)17-9-5-2-6-10-17;1-2/h1-14H;1-2H3. The molecule has 4 aromatic rings. The maximum absolute atomic E-state index is 4.33. The summed E-state index contributed by atoms with van der Waals surface area (Å²) in [5, 5.41) is 10.5. The molecule has 25 heavy (non-hydrogen) atoms. The van der Waals surface area contributed by atoms with Crippen molar-refractivity contribution >= 4 is 11.3 Å². The predicted octanol–water partition coefficient (Wildman–Crippen LogP) is 6.57. The van der Waals surface area contributed by atoms with Crippen molar-refractivity contribution in [2.75, 3.05) is 0 Å². The third kappa shape index (κ3) is 4.01. The molecule has 0 aliphatic heterocycles. The molecule has 1 heterocycles. The Hall–Kier alpha value is -2.78. The van der Waals surface area contributed by atoms with Crippen molar-refractivity contribution in [2.45, 2.75) is 13.8 Å². The first-order valence-electron chi connectivity index (χ1n) is 8.45. The Morgan fingerprint density at radius 2 is 0.840 bits per heavy atom. The number of rotatable bonds is 3. The Morgan fingerprint density at radius 1 is 0.480 bits per heavy atom. The Kier molecular flexibility index (Phi) is 5.70. The van der Waals surface area contributed by atoms with E-state index < -0.39 is 0 Å². The maximum atomic E-state index is 4.33. The number of benzene rings is 3. The molecule has 0 spiro atoms. The number of aromatic nitrogens is 2. The van der Waals surface area contributed by atoms with E-state index in [1.807, 2.05) is 38.1 Å². The highest BCUT2D eigenvalue weighted by molar-refractivity contribution is 7.17. The van der Waals surface area contributed by atoms with Gasteiger partial charge in [0.05, 0.1) is 0 Å². The van der Waals surface area contributed by atoms with Crippen LogP contribution >= 0.6 is 11.3 Å². The van der Waals surface area contributed by atoms with Gasteiger partial charge in [0, 0.05) is 11.1 Å². The summed E-state index contributed by atoms with van der Waals surface area (Å²) in [6.45, 7) is 4.00. The minimum absolute atomic E-state index is 0.948. The molecular formula is C22H20N2S. The molecule has 0 atom stereocenters. The minimum atomic E-state index is 0.948.